The summed E-state index contributed by atoms with van der Waals surface area (Å²) < 4.78 is 0. The number of urea groups is 1. The van der Waals surface area contributed by atoms with Crippen molar-refractivity contribution in [3.8, 4) is 0 Å². The number of carbonyl (C=O) groups excluding carboxylic acids is 1. The van der Waals surface area contributed by atoms with Gasteiger partial charge in [-0.2, -0.15) is 0 Å². The summed E-state index contributed by atoms with van der Waals surface area (Å²) in [5.41, 5.74) is 1.15. The van der Waals surface area contributed by atoms with Crippen molar-refractivity contribution in [3.63, 3.8) is 0 Å². The normalized spacial score (nSPS) is 14.9. The minimum absolute atomic E-state index is 0.0577. The van der Waals surface area contributed by atoms with Gasteiger partial charge in [0.25, 0.3) is 0 Å². The average molecular weight is 254 g/mol. The van der Waals surface area contributed by atoms with Crippen molar-refractivity contribution in [1.29, 1.82) is 0 Å². The molecule has 0 radical (unpaired) electrons. The molecule has 1 saturated carbocycles. The van der Waals surface area contributed by atoms with Crippen LogP contribution >= 0.6 is 0 Å². The van der Waals surface area contributed by atoms with Gasteiger partial charge in [-0.3, -0.25) is 0 Å². The third-order valence-electron chi connectivity index (χ3n) is 3.76. The Balaban J connectivity index is 1.66. The van der Waals surface area contributed by atoms with E-state index in [-0.39, 0.29) is 6.03 Å². The number of fused-ring (bicyclic) bond motifs is 1. The highest BCUT2D eigenvalue weighted by Gasteiger charge is 2.18. The van der Waals surface area contributed by atoms with Gasteiger partial charge in [0.05, 0.1) is 0 Å². The molecule has 0 unspecified atom stereocenters. The number of carbonyl (C=O) groups is 1. The van der Waals surface area contributed by atoms with E-state index in [0.29, 0.717) is 12.6 Å². The van der Waals surface area contributed by atoms with E-state index in [0.717, 1.165) is 18.4 Å². The second-order valence-electron chi connectivity index (χ2n) is 5.09. The fraction of sp³-hybridized carbons (Fsp3) is 0.312. The van der Waals surface area contributed by atoms with Crippen molar-refractivity contribution in [1.82, 2.24) is 10.6 Å². The van der Waals surface area contributed by atoms with Crippen LogP contribution in [0.25, 0.3) is 10.8 Å². The first-order chi connectivity index (χ1) is 9.33. The highest BCUT2D eigenvalue weighted by atomic mass is 16.2. The van der Waals surface area contributed by atoms with Gasteiger partial charge in [-0.15, -0.1) is 0 Å². The molecule has 2 amide bonds. The minimum Gasteiger partial charge on any atom is -0.335 e. The molecule has 0 atom stereocenters. The van der Waals surface area contributed by atoms with Gasteiger partial charge in [-0.25, -0.2) is 4.79 Å². The number of amides is 2. The maximum absolute atomic E-state index is 11.7. The molecule has 1 aliphatic rings. The van der Waals surface area contributed by atoms with Crippen LogP contribution in [0.15, 0.2) is 42.5 Å². The molecule has 2 aromatic rings. The summed E-state index contributed by atoms with van der Waals surface area (Å²) >= 11 is 0. The Morgan fingerprint density at radius 2 is 1.89 bits per heavy atom. The highest BCUT2D eigenvalue weighted by Crippen LogP contribution is 2.19. The topological polar surface area (TPSA) is 41.1 Å². The zero-order valence-corrected chi connectivity index (χ0v) is 10.9. The van der Waals surface area contributed by atoms with Crippen LogP contribution < -0.4 is 10.6 Å². The number of benzene rings is 2. The molecule has 0 heterocycles. The zero-order valence-electron chi connectivity index (χ0n) is 10.9. The highest BCUT2D eigenvalue weighted by molar-refractivity contribution is 5.86. The first-order valence-corrected chi connectivity index (χ1v) is 6.84. The lowest BCUT2D eigenvalue weighted by Gasteiger charge is -2.26. The Hall–Kier alpha value is -2.03. The van der Waals surface area contributed by atoms with Crippen LogP contribution in [-0.4, -0.2) is 12.1 Å². The van der Waals surface area contributed by atoms with Gasteiger partial charge in [-0.1, -0.05) is 42.5 Å². The molecule has 3 rings (SSSR count). The molecule has 1 fully saturated rings. The molecule has 3 heteroatoms. The summed E-state index contributed by atoms with van der Waals surface area (Å²) in [7, 11) is 0. The molecular weight excluding hydrogens is 236 g/mol. The van der Waals surface area contributed by atoms with E-state index in [4.69, 9.17) is 0 Å². The van der Waals surface area contributed by atoms with Gasteiger partial charge < -0.3 is 10.6 Å². The maximum Gasteiger partial charge on any atom is 0.315 e. The van der Waals surface area contributed by atoms with Crippen LogP contribution in [0.2, 0.25) is 0 Å². The van der Waals surface area contributed by atoms with Crippen LogP contribution in [0.3, 0.4) is 0 Å². The standard InChI is InChI=1S/C16H18N2O/c19-16(18-14-8-4-9-14)17-11-13-7-3-6-12-5-1-2-10-15(12)13/h1-3,5-7,10,14H,4,8-9,11H2,(H2,17,18,19). The molecule has 0 aliphatic heterocycles. The van der Waals surface area contributed by atoms with E-state index in [1.165, 1.54) is 17.2 Å². The first kappa shape index (κ1) is 12.0. The van der Waals surface area contributed by atoms with Gasteiger partial charge in [0.2, 0.25) is 0 Å². The maximum atomic E-state index is 11.7. The molecule has 19 heavy (non-hydrogen) atoms. The van der Waals surface area contributed by atoms with Crippen molar-refractivity contribution >= 4 is 16.8 Å². The van der Waals surface area contributed by atoms with Crippen LogP contribution in [0.4, 0.5) is 4.79 Å². The summed E-state index contributed by atoms with van der Waals surface area (Å²) in [4.78, 5) is 11.7. The lowest BCUT2D eigenvalue weighted by atomic mass is 9.93. The van der Waals surface area contributed by atoms with Gasteiger partial charge in [0, 0.05) is 12.6 Å². The second kappa shape index (κ2) is 5.31. The van der Waals surface area contributed by atoms with Crippen molar-refractivity contribution in [2.45, 2.75) is 31.8 Å². The fourth-order valence-electron chi connectivity index (χ4n) is 2.41. The largest absolute Gasteiger partial charge is 0.335 e. The van der Waals surface area contributed by atoms with E-state index in [9.17, 15) is 4.79 Å². The third-order valence-corrected chi connectivity index (χ3v) is 3.76. The van der Waals surface area contributed by atoms with Crippen LogP contribution in [0, 0.1) is 0 Å². The van der Waals surface area contributed by atoms with E-state index in [2.05, 4.69) is 34.9 Å². The minimum atomic E-state index is -0.0577. The van der Waals surface area contributed by atoms with E-state index in [1.807, 2.05) is 18.2 Å². The molecule has 3 nitrogen and oxygen atoms in total. The smallest absolute Gasteiger partial charge is 0.315 e. The summed E-state index contributed by atoms with van der Waals surface area (Å²) in [6.45, 7) is 0.569. The van der Waals surface area contributed by atoms with Crippen molar-refractivity contribution in [3.05, 3.63) is 48.0 Å². The lowest BCUT2D eigenvalue weighted by Crippen LogP contribution is -2.44. The molecule has 0 spiro atoms. The number of hydrogen-bond acceptors (Lipinski definition) is 1. The van der Waals surface area contributed by atoms with Crippen LogP contribution in [0.1, 0.15) is 24.8 Å². The lowest BCUT2D eigenvalue weighted by molar-refractivity contribution is 0.228. The van der Waals surface area contributed by atoms with Crippen molar-refractivity contribution < 1.29 is 4.79 Å². The average Bonchev–Trinajstić information content (AvgIpc) is 2.40. The van der Waals surface area contributed by atoms with E-state index >= 15 is 0 Å². The monoisotopic (exact) mass is 254 g/mol. The second-order valence-corrected chi connectivity index (χ2v) is 5.09. The molecule has 2 N–H and O–H groups in total. The Morgan fingerprint density at radius 3 is 2.68 bits per heavy atom. The number of rotatable bonds is 3. The summed E-state index contributed by atoms with van der Waals surface area (Å²) in [6, 6.07) is 14.7. The van der Waals surface area contributed by atoms with Gasteiger partial charge in [0.15, 0.2) is 0 Å². The molecule has 98 valence electrons. The predicted molar refractivity (Wildman–Crippen MR) is 77.0 cm³/mol. The SMILES string of the molecule is O=C(NCc1cccc2ccccc12)NC1CCC1. The Morgan fingerprint density at radius 1 is 1.11 bits per heavy atom. The van der Waals surface area contributed by atoms with E-state index in [1.54, 1.807) is 0 Å². The Labute approximate surface area is 113 Å². The molecule has 1 aliphatic carbocycles. The Kier molecular flexibility index (Phi) is 3.36. The van der Waals surface area contributed by atoms with Gasteiger partial charge >= 0.3 is 6.03 Å². The summed E-state index contributed by atoms with van der Waals surface area (Å²) in [6.07, 6.45) is 3.46. The van der Waals surface area contributed by atoms with Crippen molar-refractivity contribution in [2.24, 2.45) is 0 Å². The van der Waals surface area contributed by atoms with Gasteiger partial charge in [0.1, 0.15) is 0 Å². The molecule has 2 aromatic carbocycles. The van der Waals surface area contributed by atoms with Gasteiger partial charge in [-0.05, 0) is 35.6 Å². The van der Waals surface area contributed by atoms with Crippen LogP contribution in [-0.2, 0) is 6.54 Å². The molecule has 0 aromatic heterocycles. The van der Waals surface area contributed by atoms with Crippen LogP contribution in [0.5, 0.6) is 0 Å². The first-order valence-electron chi connectivity index (χ1n) is 6.84. The predicted octanol–water partition coefficient (Wildman–Crippen LogP) is 3.19. The molecule has 0 bridgehead atoms. The third kappa shape index (κ3) is 2.70. The van der Waals surface area contributed by atoms with Crippen molar-refractivity contribution in [2.75, 3.05) is 0 Å². The Bertz CT molecular complexity index is 585. The van der Waals surface area contributed by atoms with E-state index < -0.39 is 0 Å². The number of hydrogen-bond donors (Lipinski definition) is 2. The summed E-state index contributed by atoms with van der Waals surface area (Å²) in [5.74, 6) is 0. The fourth-order valence-corrected chi connectivity index (χ4v) is 2.41. The zero-order chi connectivity index (χ0) is 13.1. The number of nitrogens with one attached hydrogen (secondary N) is 2. The molecule has 0 saturated heterocycles. The quantitative estimate of drug-likeness (QED) is 0.867. The molecular formula is C16H18N2O. The summed E-state index contributed by atoms with van der Waals surface area (Å²) in [5, 5.41) is 8.34.